The van der Waals surface area contributed by atoms with E-state index in [1.807, 2.05) is 0 Å². The van der Waals surface area contributed by atoms with Crippen LogP contribution in [0.5, 0.6) is 0 Å². The summed E-state index contributed by atoms with van der Waals surface area (Å²) in [5.74, 6) is 0. The van der Waals surface area contributed by atoms with Gasteiger partial charge >= 0.3 is 0 Å². The van der Waals surface area contributed by atoms with Crippen molar-refractivity contribution in [2.75, 3.05) is 0 Å². The molecule has 8 aromatic rings. The highest BCUT2D eigenvalue weighted by molar-refractivity contribution is 5.48. The van der Waals surface area contributed by atoms with E-state index in [1.54, 1.807) is 0 Å². The van der Waals surface area contributed by atoms with Crippen molar-refractivity contribution in [1.29, 1.82) is 0 Å². The maximum Gasteiger partial charge on any atom is 0.277 e. The lowest BCUT2D eigenvalue weighted by molar-refractivity contribution is -0.794. The quantitative estimate of drug-likeness (QED) is 0.141. The summed E-state index contributed by atoms with van der Waals surface area (Å²) >= 11 is 0. The predicted octanol–water partition coefficient (Wildman–Crippen LogP) is 7.59. The van der Waals surface area contributed by atoms with E-state index in [0.717, 1.165) is 52.4 Å². The van der Waals surface area contributed by atoms with Crippen LogP contribution in [0.15, 0.2) is 195 Å². The Labute approximate surface area is 372 Å². The molecule has 4 aliphatic rings. The highest BCUT2D eigenvalue weighted by atomic mass is 15.1. The van der Waals surface area contributed by atoms with E-state index in [9.17, 15) is 0 Å². The lowest BCUT2D eigenvalue weighted by atomic mass is 10.2. The molecule has 0 aromatic carbocycles. The van der Waals surface area contributed by atoms with Gasteiger partial charge in [0.1, 0.15) is 0 Å². The summed E-state index contributed by atoms with van der Waals surface area (Å²) < 4.78 is 18.4. The minimum Gasteiger partial charge on any atom is -0.187 e. The molecule has 0 aliphatic carbocycles. The Kier molecular flexibility index (Phi) is 18.6. The van der Waals surface area contributed by atoms with Crippen molar-refractivity contribution in [3.8, 4) is 45.6 Å². The summed E-state index contributed by atoms with van der Waals surface area (Å²) in [4.78, 5) is 0. The molecule has 8 nitrogen and oxygen atoms in total. The summed E-state index contributed by atoms with van der Waals surface area (Å²) in [5, 5.41) is 0. The van der Waals surface area contributed by atoms with Crippen molar-refractivity contribution in [2.24, 2.45) is 0 Å². The summed E-state index contributed by atoms with van der Waals surface area (Å²) in [5.41, 5.74) is 10.4. The number of hydrogen-bond donors (Lipinski definition) is 0. The third-order valence-corrected chi connectivity index (χ3v) is 10.9. The van der Waals surface area contributed by atoms with E-state index in [2.05, 4.69) is 232 Å². The number of aromatic nitrogens is 8. The van der Waals surface area contributed by atoms with Crippen LogP contribution in [0.1, 0.15) is 44.6 Å². The molecule has 0 N–H and O–H groups in total. The Bertz CT molecular complexity index is 2090. The maximum atomic E-state index is 2.30. The highest BCUT2D eigenvalue weighted by Gasteiger charge is 2.30. The van der Waals surface area contributed by atoms with E-state index >= 15 is 0 Å². The number of rotatable bonds is 0. The number of fused-ring (bicyclic) bond motifs is 12. The lowest BCUT2D eigenvalue weighted by Gasteiger charge is -2.08. The molecule has 0 atom stereocenters. The minimum atomic E-state index is 0. The Morgan fingerprint density at radius 2 is 0.290 bits per heavy atom. The fourth-order valence-electron chi connectivity index (χ4n) is 8.09. The largest absolute Gasteiger partial charge is 0.277 e. The van der Waals surface area contributed by atoms with Crippen molar-refractivity contribution >= 4 is 0 Å². The van der Waals surface area contributed by atoms with Crippen LogP contribution in [0.4, 0.5) is 0 Å². The van der Waals surface area contributed by atoms with Crippen LogP contribution >= 0.6 is 0 Å². The predicted molar refractivity (Wildman–Crippen MR) is 249 cm³/mol. The molecule has 0 fully saturated rings. The van der Waals surface area contributed by atoms with Crippen LogP contribution in [0.2, 0.25) is 0 Å². The fourth-order valence-corrected chi connectivity index (χ4v) is 8.09. The molecule has 0 radical (unpaired) electrons. The molecule has 0 amide bonds. The molecule has 0 saturated heterocycles. The van der Waals surface area contributed by atoms with Gasteiger partial charge in [-0.2, -0.15) is 36.5 Å². The Morgan fingerprint density at radius 1 is 0.177 bits per heavy atom. The summed E-state index contributed by atoms with van der Waals surface area (Å²) in [6, 6.07) is 50.8. The molecule has 0 unspecified atom stereocenters. The Hall–Kier alpha value is -6.80. The first-order valence-corrected chi connectivity index (χ1v) is 19.7. The summed E-state index contributed by atoms with van der Waals surface area (Å²) in [7, 11) is 0. The van der Waals surface area contributed by atoms with E-state index < -0.39 is 0 Å². The van der Waals surface area contributed by atoms with Gasteiger partial charge in [0.25, 0.3) is 45.6 Å². The Balaban J connectivity index is 0.000000213. The first-order valence-electron chi connectivity index (χ1n) is 19.7. The number of nitrogens with zero attached hydrogens (tertiary/aromatic N) is 8. The zero-order valence-corrected chi connectivity index (χ0v) is 31.7. The average Bonchev–Trinajstić information content (AvgIpc) is 3.29. The monoisotopic (exact) mass is 833 g/mol. The van der Waals surface area contributed by atoms with Crippen LogP contribution in [0.3, 0.4) is 0 Å². The minimum absolute atomic E-state index is 0. The van der Waals surface area contributed by atoms with Crippen molar-refractivity contribution < 1.29 is 36.5 Å². The van der Waals surface area contributed by atoms with Crippen molar-refractivity contribution in [2.45, 2.75) is 96.9 Å². The van der Waals surface area contributed by atoms with Crippen LogP contribution in [0, 0.1) is 0 Å². The van der Waals surface area contributed by atoms with Gasteiger partial charge in [-0.1, -0.05) is 44.6 Å². The van der Waals surface area contributed by atoms with Crippen LogP contribution < -0.4 is 36.5 Å². The topological polar surface area (TPSA) is 31.0 Å². The molecule has 12 rings (SSSR count). The molecule has 8 heteroatoms. The number of hydrogen-bond acceptors (Lipinski definition) is 0. The van der Waals surface area contributed by atoms with Crippen molar-refractivity contribution in [1.82, 2.24) is 0 Å². The molecule has 4 aliphatic heterocycles. The van der Waals surface area contributed by atoms with E-state index in [1.165, 1.54) is 45.6 Å². The summed E-state index contributed by atoms with van der Waals surface area (Å²) in [6.07, 6.45) is 17.2. The van der Waals surface area contributed by atoms with E-state index in [-0.39, 0.29) is 44.6 Å². The molecule has 12 heterocycles. The second kappa shape index (κ2) is 23.3. The highest BCUT2D eigenvalue weighted by Crippen LogP contribution is 2.15. The van der Waals surface area contributed by atoms with Gasteiger partial charge in [0, 0.05) is 97.1 Å². The lowest BCUT2D eigenvalue weighted by Crippen LogP contribution is -2.52. The third-order valence-electron chi connectivity index (χ3n) is 10.9. The summed E-state index contributed by atoms with van der Waals surface area (Å²) in [6.45, 7) is 8.54. The first kappa shape index (κ1) is 49.6. The second-order valence-corrected chi connectivity index (χ2v) is 14.2. The molecule has 320 valence electrons. The molecular formula is C54H72N8+8. The molecule has 8 aromatic heterocycles. The van der Waals surface area contributed by atoms with Gasteiger partial charge in [-0.25, -0.2) is 0 Å². The zero-order valence-electron chi connectivity index (χ0n) is 31.7. The van der Waals surface area contributed by atoms with Gasteiger partial charge in [-0.3, -0.25) is 0 Å². The van der Waals surface area contributed by atoms with Crippen molar-refractivity contribution in [3.63, 3.8) is 0 Å². The van der Waals surface area contributed by atoms with Crippen molar-refractivity contribution in [3.05, 3.63) is 195 Å². The zero-order chi connectivity index (χ0) is 37.5. The molecule has 0 spiro atoms. The SMILES string of the molecule is C.C.C.C.C.C.c1cc[n+]2c(c1)-c1cccc[n+]1CC2.c1cc[n+]2c(c1)-c1cccc[n+]1CC2.c1cc[n+]2c(c1)-c1cccc[n+]1CC2.c1cc[n+]2c(c1)-c1cccc[n+]1CC2. The van der Waals surface area contributed by atoms with Gasteiger partial charge in [-0.05, 0) is 48.5 Å². The van der Waals surface area contributed by atoms with E-state index in [4.69, 9.17) is 0 Å². The van der Waals surface area contributed by atoms with Gasteiger partial charge < -0.3 is 0 Å². The third kappa shape index (κ3) is 10.6. The standard InChI is InChI=1S/4C12H12N2.6CH4/c4*1-3-7-13-9-10-14-8-4-2-6-12(14)11(13)5-1;;;;;;/h4*1-8H,9-10H2;6*1H4/q4*+2;;;;;;. The van der Waals surface area contributed by atoms with Gasteiger partial charge in [0.05, 0.1) is 0 Å². The maximum absolute atomic E-state index is 2.30. The normalized spacial score (nSPS) is 11.9. The first-order chi connectivity index (χ1) is 27.8. The van der Waals surface area contributed by atoms with Gasteiger partial charge in [-0.15, -0.1) is 0 Å². The van der Waals surface area contributed by atoms with E-state index in [0.29, 0.717) is 0 Å². The Morgan fingerprint density at radius 3 is 0.403 bits per heavy atom. The molecule has 0 saturated carbocycles. The number of aryl methyl sites for hydroxylation is 8. The average molecular weight is 833 g/mol. The van der Waals surface area contributed by atoms with Crippen LogP contribution in [-0.2, 0) is 52.4 Å². The molecule has 0 bridgehead atoms. The second-order valence-electron chi connectivity index (χ2n) is 14.2. The fraction of sp³-hybridized carbons (Fsp3) is 0.259. The molecular weight excluding hydrogens is 761 g/mol. The molecule has 62 heavy (non-hydrogen) atoms. The van der Waals surface area contributed by atoms with Crippen LogP contribution in [0.25, 0.3) is 45.6 Å². The van der Waals surface area contributed by atoms with Gasteiger partial charge in [0.15, 0.2) is 49.6 Å². The number of pyridine rings is 8. The van der Waals surface area contributed by atoms with Crippen LogP contribution in [-0.4, -0.2) is 0 Å². The van der Waals surface area contributed by atoms with Gasteiger partial charge in [0.2, 0.25) is 52.4 Å². The smallest absolute Gasteiger partial charge is 0.187 e.